The fourth-order valence-electron chi connectivity index (χ4n) is 3.17. The van der Waals surface area contributed by atoms with Crippen LogP contribution in [0.5, 0.6) is 0 Å². The van der Waals surface area contributed by atoms with Crippen molar-refractivity contribution < 1.29 is 24.3 Å². The first-order chi connectivity index (χ1) is 12.0. The molecule has 0 bridgehead atoms. The Morgan fingerprint density at radius 1 is 1.36 bits per heavy atom. The zero-order valence-electron chi connectivity index (χ0n) is 13.5. The van der Waals surface area contributed by atoms with Gasteiger partial charge in [-0.05, 0) is 29.7 Å². The number of carbonyl (C=O) groups is 1. The quantitative estimate of drug-likeness (QED) is 0.512. The van der Waals surface area contributed by atoms with Crippen molar-refractivity contribution in [3.8, 4) is 0 Å². The van der Waals surface area contributed by atoms with E-state index in [4.69, 9.17) is 9.47 Å². The van der Waals surface area contributed by atoms with Crippen molar-refractivity contribution in [1.82, 2.24) is 0 Å². The number of nitrogens with zero attached hydrogens (tertiary/aromatic N) is 1. The molecule has 3 rings (SSSR count). The molecule has 3 atom stereocenters. The number of non-ortho nitro benzene ring substituents is 1. The second-order valence-corrected chi connectivity index (χ2v) is 5.85. The van der Waals surface area contributed by atoms with Crippen LogP contribution in [0.25, 0.3) is 6.08 Å². The standard InChI is InChI=1S/C18H17NO6/c1-24-17(20)15-10-25-18(21)16-12(6-9-14(15)16)5-2-11-3-7-13(8-4-11)19(22)23/h2-8,10,14,16,18,21H,9H2,1H3/b5-2+/t14-,16-,18?/m1/s1. The summed E-state index contributed by atoms with van der Waals surface area (Å²) in [6.45, 7) is 0. The van der Waals surface area contributed by atoms with Crippen LogP contribution < -0.4 is 0 Å². The maximum absolute atomic E-state index is 11.8. The Balaban J connectivity index is 1.77. The minimum atomic E-state index is -1.03. The molecule has 0 amide bonds. The van der Waals surface area contributed by atoms with Crippen LogP contribution in [0, 0.1) is 22.0 Å². The Morgan fingerprint density at radius 2 is 2.08 bits per heavy atom. The fourth-order valence-corrected chi connectivity index (χ4v) is 3.17. The number of esters is 1. The number of nitro benzene ring substituents is 1. The highest BCUT2D eigenvalue weighted by Gasteiger charge is 2.42. The Bertz CT molecular complexity index is 777. The zero-order valence-corrected chi connectivity index (χ0v) is 13.5. The second kappa shape index (κ2) is 6.90. The Morgan fingerprint density at radius 3 is 2.72 bits per heavy atom. The number of aliphatic hydroxyl groups excluding tert-OH is 1. The zero-order chi connectivity index (χ0) is 18.0. The molecule has 25 heavy (non-hydrogen) atoms. The summed E-state index contributed by atoms with van der Waals surface area (Å²) in [6, 6.07) is 6.16. The number of ether oxygens (including phenoxy) is 2. The summed E-state index contributed by atoms with van der Waals surface area (Å²) < 4.78 is 9.96. The fraction of sp³-hybridized carbons (Fsp3) is 0.278. The van der Waals surface area contributed by atoms with Gasteiger partial charge in [0.05, 0.1) is 29.8 Å². The van der Waals surface area contributed by atoms with E-state index in [0.29, 0.717) is 12.0 Å². The van der Waals surface area contributed by atoms with E-state index in [-0.39, 0.29) is 17.5 Å². The Kier molecular flexibility index (Phi) is 4.67. The van der Waals surface area contributed by atoms with Crippen LogP contribution in [0.15, 0.2) is 53.8 Å². The predicted molar refractivity (Wildman–Crippen MR) is 89.0 cm³/mol. The first kappa shape index (κ1) is 16.9. The van der Waals surface area contributed by atoms with Crippen LogP contribution in [-0.2, 0) is 14.3 Å². The number of allylic oxidation sites excluding steroid dienone is 2. The van der Waals surface area contributed by atoms with Gasteiger partial charge in [-0.1, -0.05) is 18.2 Å². The summed E-state index contributed by atoms with van der Waals surface area (Å²) in [7, 11) is 1.31. The molecule has 0 spiro atoms. The number of carbonyl (C=O) groups excluding carboxylic acids is 1. The van der Waals surface area contributed by atoms with Gasteiger partial charge in [0, 0.05) is 18.1 Å². The Labute approximate surface area is 144 Å². The van der Waals surface area contributed by atoms with Gasteiger partial charge in [0.15, 0.2) is 0 Å². The van der Waals surface area contributed by atoms with Crippen molar-refractivity contribution in [3.63, 3.8) is 0 Å². The first-order valence-electron chi connectivity index (χ1n) is 7.75. The lowest BCUT2D eigenvalue weighted by molar-refractivity contribution is -0.384. The number of rotatable bonds is 4. The van der Waals surface area contributed by atoms with E-state index in [0.717, 1.165) is 11.1 Å². The van der Waals surface area contributed by atoms with E-state index < -0.39 is 17.2 Å². The van der Waals surface area contributed by atoms with E-state index in [2.05, 4.69) is 0 Å². The predicted octanol–water partition coefficient (Wildman–Crippen LogP) is 2.58. The summed E-state index contributed by atoms with van der Waals surface area (Å²) in [5, 5.41) is 20.8. The summed E-state index contributed by atoms with van der Waals surface area (Å²) in [6.07, 6.45) is 6.43. The lowest BCUT2D eigenvalue weighted by Crippen LogP contribution is -2.34. The topological polar surface area (TPSA) is 98.9 Å². The molecule has 1 N–H and O–H groups in total. The Hall–Kier alpha value is -2.93. The molecule has 0 saturated heterocycles. The molecule has 1 aromatic rings. The highest BCUT2D eigenvalue weighted by Crippen LogP contribution is 2.43. The van der Waals surface area contributed by atoms with Gasteiger partial charge in [-0.3, -0.25) is 10.1 Å². The maximum Gasteiger partial charge on any atom is 0.337 e. The van der Waals surface area contributed by atoms with Crippen molar-refractivity contribution >= 4 is 17.7 Å². The molecule has 0 aromatic heterocycles. The molecular weight excluding hydrogens is 326 g/mol. The number of fused-ring (bicyclic) bond motifs is 1. The molecule has 2 aliphatic rings. The third kappa shape index (κ3) is 3.32. The third-order valence-electron chi connectivity index (χ3n) is 4.46. The van der Waals surface area contributed by atoms with Gasteiger partial charge in [-0.15, -0.1) is 0 Å². The van der Waals surface area contributed by atoms with Gasteiger partial charge in [0.1, 0.15) is 0 Å². The average molecular weight is 343 g/mol. The highest BCUT2D eigenvalue weighted by atomic mass is 16.6. The van der Waals surface area contributed by atoms with E-state index in [1.54, 1.807) is 18.2 Å². The van der Waals surface area contributed by atoms with Crippen molar-refractivity contribution in [2.45, 2.75) is 12.7 Å². The number of aliphatic hydroxyl groups is 1. The van der Waals surface area contributed by atoms with E-state index in [1.807, 2.05) is 12.2 Å². The molecule has 0 fully saturated rings. The van der Waals surface area contributed by atoms with Gasteiger partial charge in [0.2, 0.25) is 6.29 Å². The minimum absolute atomic E-state index is 0.0289. The number of benzene rings is 1. The molecule has 0 saturated carbocycles. The van der Waals surface area contributed by atoms with Crippen LogP contribution in [0.2, 0.25) is 0 Å². The van der Waals surface area contributed by atoms with Gasteiger partial charge in [0.25, 0.3) is 5.69 Å². The van der Waals surface area contributed by atoms with E-state index in [1.165, 1.54) is 25.5 Å². The third-order valence-corrected chi connectivity index (χ3v) is 4.46. The van der Waals surface area contributed by atoms with Crippen molar-refractivity contribution in [2.75, 3.05) is 7.11 Å². The summed E-state index contributed by atoms with van der Waals surface area (Å²) >= 11 is 0. The van der Waals surface area contributed by atoms with Crippen LogP contribution in [0.4, 0.5) is 5.69 Å². The van der Waals surface area contributed by atoms with Crippen LogP contribution in [0.3, 0.4) is 0 Å². The van der Waals surface area contributed by atoms with Gasteiger partial charge < -0.3 is 14.6 Å². The molecule has 1 unspecified atom stereocenters. The van der Waals surface area contributed by atoms with Crippen LogP contribution in [-0.4, -0.2) is 29.4 Å². The molecule has 7 heteroatoms. The van der Waals surface area contributed by atoms with Crippen molar-refractivity contribution in [1.29, 1.82) is 0 Å². The van der Waals surface area contributed by atoms with Crippen LogP contribution >= 0.6 is 0 Å². The summed E-state index contributed by atoms with van der Waals surface area (Å²) in [4.78, 5) is 22.1. The van der Waals surface area contributed by atoms with E-state index >= 15 is 0 Å². The smallest absolute Gasteiger partial charge is 0.337 e. The first-order valence-corrected chi connectivity index (χ1v) is 7.75. The SMILES string of the molecule is COC(=O)C1=COC(O)[C@@H]2C(/C=C/c3ccc([N+](=O)[O-])cc3)=CC[C@H]12. The lowest BCUT2D eigenvalue weighted by Gasteiger charge is -2.31. The molecule has 0 radical (unpaired) electrons. The highest BCUT2D eigenvalue weighted by molar-refractivity contribution is 5.89. The van der Waals surface area contributed by atoms with Crippen LogP contribution in [0.1, 0.15) is 12.0 Å². The largest absolute Gasteiger partial charge is 0.471 e. The number of hydrogen-bond acceptors (Lipinski definition) is 6. The normalized spacial score (nSPS) is 25.0. The lowest BCUT2D eigenvalue weighted by atomic mass is 9.83. The second-order valence-electron chi connectivity index (χ2n) is 5.85. The average Bonchev–Trinajstić information content (AvgIpc) is 3.05. The molecule has 1 aliphatic carbocycles. The molecule has 1 heterocycles. The maximum atomic E-state index is 11.8. The van der Waals surface area contributed by atoms with Gasteiger partial charge in [-0.2, -0.15) is 0 Å². The molecule has 7 nitrogen and oxygen atoms in total. The van der Waals surface area contributed by atoms with Gasteiger partial charge >= 0.3 is 5.97 Å². The number of nitro groups is 1. The van der Waals surface area contributed by atoms with Crippen molar-refractivity contribution in [3.05, 3.63) is 69.5 Å². The molecule has 130 valence electrons. The molecule has 1 aliphatic heterocycles. The molecule has 1 aromatic carbocycles. The number of hydrogen-bond donors (Lipinski definition) is 1. The summed E-state index contributed by atoms with van der Waals surface area (Å²) in [5.41, 5.74) is 2.09. The van der Waals surface area contributed by atoms with Gasteiger partial charge in [-0.25, -0.2) is 4.79 Å². The summed E-state index contributed by atoms with van der Waals surface area (Å²) in [5.74, 6) is -1.00. The van der Waals surface area contributed by atoms with Crippen molar-refractivity contribution in [2.24, 2.45) is 11.8 Å². The minimum Gasteiger partial charge on any atom is -0.471 e. The van der Waals surface area contributed by atoms with E-state index in [9.17, 15) is 20.0 Å². The monoisotopic (exact) mass is 343 g/mol. The molecular formula is C18H17NO6. The number of methoxy groups -OCH3 is 1.